The first-order valence-corrected chi connectivity index (χ1v) is 4.55. The van der Waals surface area contributed by atoms with E-state index in [1.165, 1.54) is 20.3 Å². The number of aromatic carboxylic acids is 1. The number of halogens is 1. The van der Waals surface area contributed by atoms with E-state index in [-0.39, 0.29) is 10.6 Å². The summed E-state index contributed by atoms with van der Waals surface area (Å²) in [6.07, 6.45) is 0. The first-order valence-electron chi connectivity index (χ1n) is 4.17. The third-order valence-corrected chi connectivity index (χ3v) is 2.36. The summed E-state index contributed by atoms with van der Waals surface area (Å²) in [4.78, 5) is 10.9. The smallest absolute Gasteiger partial charge is 0.336 e. The number of ether oxygens (including phenoxy) is 2. The molecule has 0 unspecified atom stereocenters. The molecule has 0 heterocycles. The first kappa shape index (κ1) is 11.7. The van der Waals surface area contributed by atoms with Crippen molar-refractivity contribution in [2.45, 2.75) is 6.92 Å². The predicted octanol–water partition coefficient (Wildman–Crippen LogP) is 2.36. The summed E-state index contributed by atoms with van der Waals surface area (Å²) in [7, 11) is 2.89. The van der Waals surface area contributed by atoms with Gasteiger partial charge in [-0.2, -0.15) is 0 Å². The molecule has 5 heteroatoms. The highest BCUT2D eigenvalue weighted by Crippen LogP contribution is 2.39. The second kappa shape index (κ2) is 4.40. The Labute approximate surface area is 92.4 Å². The standard InChI is InChI=1S/C10H11ClO4/c1-5-6(10(12)13)4-7(11)9(15-3)8(5)14-2/h4H,1-3H3,(H,12,13). The van der Waals surface area contributed by atoms with E-state index in [0.29, 0.717) is 17.1 Å². The Balaban J connectivity index is 3.51. The molecule has 0 atom stereocenters. The van der Waals surface area contributed by atoms with Gasteiger partial charge in [0, 0.05) is 5.56 Å². The average molecular weight is 231 g/mol. The Bertz CT molecular complexity index is 401. The van der Waals surface area contributed by atoms with Gasteiger partial charge in [0.05, 0.1) is 24.8 Å². The van der Waals surface area contributed by atoms with Gasteiger partial charge in [0.15, 0.2) is 11.5 Å². The predicted molar refractivity (Wildman–Crippen MR) is 56.3 cm³/mol. The van der Waals surface area contributed by atoms with Crippen LogP contribution in [0.25, 0.3) is 0 Å². The van der Waals surface area contributed by atoms with E-state index in [0.717, 1.165) is 0 Å². The summed E-state index contributed by atoms with van der Waals surface area (Å²) < 4.78 is 10.1. The molecule has 82 valence electrons. The van der Waals surface area contributed by atoms with Crippen molar-refractivity contribution in [2.75, 3.05) is 14.2 Å². The summed E-state index contributed by atoms with van der Waals surface area (Å²) in [5.74, 6) is -0.348. The quantitative estimate of drug-likeness (QED) is 0.866. The summed E-state index contributed by atoms with van der Waals surface area (Å²) in [5.41, 5.74) is 0.601. The summed E-state index contributed by atoms with van der Waals surface area (Å²) in [5, 5.41) is 9.14. The molecule has 0 saturated heterocycles. The molecule has 0 aliphatic carbocycles. The molecular weight excluding hydrogens is 220 g/mol. The zero-order valence-corrected chi connectivity index (χ0v) is 9.38. The lowest BCUT2D eigenvalue weighted by Crippen LogP contribution is -2.03. The summed E-state index contributed by atoms with van der Waals surface area (Å²) >= 11 is 5.86. The zero-order valence-electron chi connectivity index (χ0n) is 8.63. The number of carboxylic acid groups (broad SMARTS) is 1. The second-order valence-corrected chi connectivity index (χ2v) is 3.31. The van der Waals surface area contributed by atoms with Gasteiger partial charge in [0.1, 0.15) is 0 Å². The van der Waals surface area contributed by atoms with Crippen LogP contribution in [-0.2, 0) is 0 Å². The minimum absolute atomic E-state index is 0.109. The fourth-order valence-corrected chi connectivity index (χ4v) is 1.63. The first-order chi connectivity index (χ1) is 7.02. The fourth-order valence-electron chi connectivity index (χ4n) is 1.36. The second-order valence-electron chi connectivity index (χ2n) is 2.90. The van der Waals surface area contributed by atoms with E-state index >= 15 is 0 Å². The van der Waals surface area contributed by atoms with Gasteiger partial charge in [-0.1, -0.05) is 11.6 Å². The molecule has 0 saturated carbocycles. The molecule has 0 spiro atoms. The summed E-state index contributed by atoms with van der Waals surface area (Å²) in [6, 6.07) is 1.35. The molecule has 15 heavy (non-hydrogen) atoms. The number of hydrogen-bond donors (Lipinski definition) is 1. The minimum Gasteiger partial charge on any atom is -0.493 e. The van der Waals surface area contributed by atoms with Crippen LogP contribution in [0.2, 0.25) is 5.02 Å². The van der Waals surface area contributed by atoms with Gasteiger partial charge in [-0.15, -0.1) is 0 Å². The molecule has 0 fully saturated rings. The van der Waals surface area contributed by atoms with E-state index < -0.39 is 5.97 Å². The number of benzene rings is 1. The Morgan fingerprint density at radius 1 is 1.33 bits per heavy atom. The molecule has 0 aromatic heterocycles. The van der Waals surface area contributed by atoms with Crippen LogP contribution in [0.15, 0.2) is 6.07 Å². The lowest BCUT2D eigenvalue weighted by molar-refractivity contribution is 0.0695. The lowest BCUT2D eigenvalue weighted by atomic mass is 10.1. The van der Waals surface area contributed by atoms with Crippen LogP contribution < -0.4 is 9.47 Å². The molecule has 0 aliphatic rings. The van der Waals surface area contributed by atoms with E-state index in [1.807, 2.05) is 0 Å². The van der Waals surface area contributed by atoms with Crippen LogP contribution in [0.3, 0.4) is 0 Å². The van der Waals surface area contributed by atoms with Crippen molar-refractivity contribution in [1.82, 2.24) is 0 Å². The van der Waals surface area contributed by atoms with Crippen molar-refractivity contribution < 1.29 is 19.4 Å². The van der Waals surface area contributed by atoms with Crippen LogP contribution >= 0.6 is 11.6 Å². The molecule has 0 aliphatic heterocycles. The number of hydrogen-bond acceptors (Lipinski definition) is 3. The minimum atomic E-state index is -1.05. The van der Waals surface area contributed by atoms with E-state index in [1.54, 1.807) is 6.92 Å². The van der Waals surface area contributed by atoms with Gasteiger partial charge >= 0.3 is 5.97 Å². The highest BCUT2D eigenvalue weighted by Gasteiger charge is 2.19. The van der Waals surface area contributed by atoms with Crippen molar-refractivity contribution in [3.05, 3.63) is 22.2 Å². The lowest BCUT2D eigenvalue weighted by Gasteiger charge is -2.13. The molecular formula is C10H11ClO4. The molecule has 1 aromatic carbocycles. The van der Waals surface area contributed by atoms with Crippen LogP contribution in [0.5, 0.6) is 11.5 Å². The number of carbonyl (C=O) groups is 1. The molecule has 1 aromatic rings. The molecule has 1 rings (SSSR count). The van der Waals surface area contributed by atoms with Crippen LogP contribution in [-0.4, -0.2) is 25.3 Å². The summed E-state index contributed by atoms with van der Waals surface area (Å²) in [6.45, 7) is 1.64. The normalized spacial score (nSPS) is 9.87. The van der Waals surface area contributed by atoms with Crippen molar-refractivity contribution >= 4 is 17.6 Å². The largest absolute Gasteiger partial charge is 0.493 e. The highest BCUT2D eigenvalue weighted by atomic mass is 35.5. The number of methoxy groups -OCH3 is 2. The van der Waals surface area contributed by atoms with Gasteiger partial charge < -0.3 is 14.6 Å². The van der Waals surface area contributed by atoms with Gasteiger partial charge in [-0.05, 0) is 13.0 Å². The highest BCUT2D eigenvalue weighted by molar-refractivity contribution is 6.32. The Morgan fingerprint density at radius 2 is 1.87 bits per heavy atom. The molecule has 1 N–H and O–H groups in total. The van der Waals surface area contributed by atoms with Crippen LogP contribution in [0, 0.1) is 6.92 Å². The Hall–Kier alpha value is -1.42. The van der Waals surface area contributed by atoms with Crippen molar-refractivity contribution in [3.8, 4) is 11.5 Å². The van der Waals surface area contributed by atoms with Crippen molar-refractivity contribution in [2.24, 2.45) is 0 Å². The van der Waals surface area contributed by atoms with Gasteiger partial charge in [0.25, 0.3) is 0 Å². The monoisotopic (exact) mass is 230 g/mol. The topological polar surface area (TPSA) is 55.8 Å². The van der Waals surface area contributed by atoms with Gasteiger partial charge in [0.2, 0.25) is 0 Å². The van der Waals surface area contributed by atoms with E-state index in [9.17, 15) is 4.79 Å². The fraction of sp³-hybridized carbons (Fsp3) is 0.300. The zero-order chi connectivity index (χ0) is 11.6. The molecule has 4 nitrogen and oxygen atoms in total. The maximum absolute atomic E-state index is 10.9. The van der Waals surface area contributed by atoms with E-state index in [4.69, 9.17) is 26.2 Å². The van der Waals surface area contributed by atoms with Crippen LogP contribution in [0.4, 0.5) is 0 Å². The maximum Gasteiger partial charge on any atom is 0.336 e. The Morgan fingerprint density at radius 3 is 2.27 bits per heavy atom. The molecule has 0 bridgehead atoms. The van der Waals surface area contributed by atoms with Crippen molar-refractivity contribution in [3.63, 3.8) is 0 Å². The number of rotatable bonds is 3. The van der Waals surface area contributed by atoms with Crippen LogP contribution in [0.1, 0.15) is 15.9 Å². The van der Waals surface area contributed by atoms with E-state index in [2.05, 4.69) is 0 Å². The number of carboxylic acids is 1. The van der Waals surface area contributed by atoms with Crippen molar-refractivity contribution in [1.29, 1.82) is 0 Å². The average Bonchev–Trinajstić information content (AvgIpc) is 2.19. The maximum atomic E-state index is 10.9. The van der Waals surface area contributed by atoms with Gasteiger partial charge in [-0.25, -0.2) is 4.79 Å². The third-order valence-electron chi connectivity index (χ3n) is 2.08. The van der Waals surface area contributed by atoms with Gasteiger partial charge in [-0.3, -0.25) is 0 Å². The SMILES string of the molecule is COc1c(Cl)cc(C(=O)O)c(C)c1OC. The Kier molecular flexibility index (Phi) is 3.42. The third kappa shape index (κ3) is 1.99. The molecule has 0 amide bonds. The molecule has 0 radical (unpaired) electrons.